The number of hydrogen-bond donors (Lipinski definition) is 2. The summed E-state index contributed by atoms with van der Waals surface area (Å²) in [5, 5.41) is 4.78. The van der Waals surface area contributed by atoms with Crippen molar-refractivity contribution in [2.24, 2.45) is 0 Å². The molecule has 5 nitrogen and oxygen atoms in total. The van der Waals surface area contributed by atoms with E-state index in [1.165, 1.54) is 13.2 Å². The fraction of sp³-hybridized carbons (Fsp3) is 0.364. The minimum absolute atomic E-state index is 0.119. The van der Waals surface area contributed by atoms with Crippen molar-refractivity contribution in [3.05, 3.63) is 24.0 Å². The van der Waals surface area contributed by atoms with Gasteiger partial charge in [-0.15, -0.1) is 0 Å². The zero-order valence-electron chi connectivity index (χ0n) is 10.1. The molecule has 0 aliphatic carbocycles. The lowest BCUT2D eigenvalue weighted by molar-refractivity contribution is -0.0521. The zero-order chi connectivity index (χ0) is 14.3. The number of benzene rings is 1. The number of hydrogen-bond acceptors (Lipinski definition) is 3. The van der Waals surface area contributed by atoms with Crippen molar-refractivity contribution in [3.63, 3.8) is 0 Å². The number of methoxy groups -OCH3 is 1. The highest BCUT2D eigenvalue weighted by molar-refractivity contribution is 5.89. The summed E-state index contributed by atoms with van der Waals surface area (Å²) in [5.74, 6) is -1.57. The van der Waals surface area contributed by atoms with Gasteiger partial charge in [0.25, 0.3) is 0 Å². The van der Waals surface area contributed by atoms with E-state index in [2.05, 4.69) is 15.4 Å². The lowest BCUT2D eigenvalue weighted by Crippen LogP contribution is -2.31. The molecular formula is C11H13F3N2O3. The molecule has 0 fully saturated rings. The van der Waals surface area contributed by atoms with Gasteiger partial charge in [-0.1, -0.05) is 0 Å². The minimum Gasteiger partial charge on any atom is -0.432 e. The molecule has 0 atom stereocenters. The molecule has 19 heavy (non-hydrogen) atoms. The van der Waals surface area contributed by atoms with Crippen LogP contribution < -0.4 is 15.4 Å². The quantitative estimate of drug-likeness (QED) is 0.784. The second-order valence-corrected chi connectivity index (χ2v) is 3.40. The largest absolute Gasteiger partial charge is 0.432 e. The molecule has 0 aromatic heterocycles. The first-order chi connectivity index (χ1) is 9.02. The van der Waals surface area contributed by atoms with Gasteiger partial charge in [-0.2, -0.15) is 8.78 Å². The van der Waals surface area contributed by atoms with Crippen LogP contribution in [0.1, 0.15) is 0 Å². The number of ether oxygens (including phenoxy) is 2. The van der Waals surface area contributed by atoms with Crippen molar-refractivity contribution in [1.29, 1.82) is 0 Å². The Hall–Kier alpha value is -1.96. The minimum atomic E-state index is -3.11. The number of alkyl halides is 2. The number of carbonyl (C=O) groups is 1. The Morgan fingerprint density at radius 1 is 1.42 bits per heavy atom. The molecule has 0 spiro atoms. The lowest BCUT2D eigenvalue weighted by atomic mass is 10.3. The van der Waals surface area contributed by atoms with Crippen LogP contribution >= 0.6 is 0 Å². The Morgan fingerprint density at radius 3 is 2.74 bits per heavy atom. The van der Waals surface area contributed by atoms with Crippen molar-refractivity contribution < 1.29 is 27.4 Å². The van der Waals surface area contributed by atoms with Crippen LogP contribution in [0.3, 0.4) is 0 Å². The van der Waals surface area contributed by atoms with Crippen molar-refractivity contribution in [2.75, 3.05) is 25.6 Å². The van der Waals surface area contributed by atoms with Crippen LogP contribution in [-0.2, 0) is 4.74 Å². The molecule has 0 unspecified atom stereocenters. The van der Waals surface area contributed by atoms with Crippen molar-refractivity contribution in [1.82, 2.24) is 5.32 Å². The second-order valence-electron chi connectivity index (χ2n) is 3.40. The van der Waals surface area contributed by atoms with E-state index in [1.54, 1.807) is 0 Å². The SMILES string of the molecule is COCCNC(=O)Nc1ccc(OC(F)F)c(F)c1. The van der Waals surface area contributed by atoms with E-state index in [0.717, 1.165) is 12.1 Å². The molecule has 0 aliphatic rings. The molecule has 1 aromatic rings. The van der Waals surface area contributed by atoms with Gasteiger partial charge in [-0.3, -0.25) is 0 Å². The van der Waals surface area contributed by atoms with E-state index < -0.39 is 24.2 Å². The maximum Gasteiger partial charge on any atom is 0.387 e. The molecule has 2 N–H and O–H groups in total. The van der Waals surface area contributed by atoms with E-state index in [1.807, 2.05) is 0 Å². The lowest BCUT2D eigenvalue weighted by Gasteiger charge is -2.09. The molecule has 2 amide bonds. The van der Waals surface area contributed by atoms with Crippen molar-refractivity contribution >= 4 is 11.7 Å². The molecule has 0 heterocycles. The van der Waals surface area contributed by atoms with Crippen LogP contribution in [0.25, 0.3) is 0 Å². The average molecular weight is 278 g/mol. The van der Waals surface area contributed by atoms with Crippen LogP contribution in [0.5, 0.6) is 5.75 Å². The summed E-state index contributed by atoms with van der Waals surface area (Å²) in [7, 11) is 1.48. The number of rotatable bonds is 6. The van der Waals surface area contributed by atoms with E-state index in [0.29, 0.717) is 6.61 Å². The van der Waals surface area contributed by atoms with Gasteiger partial charge in [0, 0.05) is 25.4 Å². The first kappa shape index (κ1) is 15.1. The average Bonchev–Trinajstić information content (AvgIpc) is 2.32. The van der Waals surface area contributed by atoms with Crippen LogP contribution in [0, 0.1) is 5.82 Å². The van der Waals surface area contributed by atoms with Gasteiger partial charge in [0.15, 0.2) is 11.6 Å². The summed E-state index contributed by atoms with van der Waals surface area (Å²) in [6.07, 6.45) is 0. The maximum absolute atomic E-state index is 13.3. The highest BCUT2D eigenvalue weighted by Gasteiger charge is 2.11. The maximum atomic E-state index is 13.3. The zero-order valence-corrected chi connectivity index (χ0v) is 10.1. The summed E-state index contributed by atoms with van der Waals surface area (Å²) < 4.78 is 45.8. The highest BCUT2D eigenvalue weighted by atomic mass is 19.3. The highest BCUT2D eigenvalue weighted by Crippen LogP contribution is 2.22. The third kappa shape index (κ3) is 5.47. The monoisotopic (exact) mass is 278 g/mol. The van der Waals surface area contributed by atoms with E-state index in [4.69, 9.17) is 4.74 Å². The van der Waals surface area contributed by atoms with Crippen LogP contribution in [0.2, 0.25) is 0 Å². The van der Waals surface area contributed by atoms with Crippen molar-refractivity contribution in [3.8, 4) is 5.75 Å². The molecule has 8 heteroatoms. The predicted molar refractivity (Wildman–Crippen MR) is 61.9 cm³/mol. The summed E-state index contributed by atoms with van der Waals surface area (Å²) in [4.78, 5) is 11.3. The summed E-state index contributed by atoms with van der Waals surface area (Å²) in [6, 6.07) is 2.58. The second kappa shape index (κ2) is 7.47. The first-order valence-electron chi connectivity index (χ1n) is 5.31. The summed E-state index contributed by atoms with van der Waals surface area (Å²) in [5.41, 5.74) is 0.119. The Labute approximate surface area is 107 Å². The van der Waals surface area contributed by atoms with E-state index >= 15 is 0 Å². The Bertz CT molecular complexity index is 430. The molecule has 106 valence electrons. The van der Waals surface area contributed by atoms with Gasteiger partial charge in [0.2, 0.25) is 0 Å². The van der Waals surface area contributed by atoms with Gasteiger partial charge in [0.05, 0.1) is 6.61 Å². The third-order valence-electron chi connectivity index (χ3n) is 2.00. The Balaban J connectivity index is 2.55. The fourth-order valence-corrected chi connectivity index (χ4v) is 1.21. The van der Waals surface area contributed by atoms with E-state index in [9.17, 15) is 18.0 Å². The fourth-order valence-electron chi connectivity index (χ4n) is 1.21. The van der Waals surface area contributed by atoms with Gasteiger partial charge >= 0.3 is 12.6 Å². The van der Waals surface area contributed by atoms with Gasteiger partial charge < -0.3 is 20.1 Å². The molecule has 0 radical (unpaired) electrons. The number of carbonyl (C=O) groups excluding carboxylic acids is 1. The standard InChI is InChI=1S/C11H13F3N2O3/c1-18-5-4-15-11(17)16-7-2-3-9(8(12)6-7)19-10(13)14/h2-3,6,10H,4-5H2,1H3,(H2,15,16,17). The Kier molecular flexibility index (Phi) is 5.94. The van der Waals surface area contributed by atoms with E-state index in [-0.39, 0.29) is 12.2 Å². The smallest absolute Gasteiger partial charge is 0.387 e. The van der Waals surface area contributed by atoms with Crippen LogP contribution in [-0.4, -0.2) is 32.9 Å². The van der Waals surface area contributed by atoms with Crippen LogP contribution in [0.15, 0.2) is 18.2 Å². The van der Waals surface area contributed by atoms with Crippen LogP contribution in [0.4, 0.5) is 23.7 Å². The number of nitrogens with one attached hydrogen (secondary N) is 2. The molecule has 1 rings (SSSR count). The first-order valence-corrected chi connectivity index (χ1v) is 5.31. The summed E-state index contributed by atoms with van der Waals surface area (Å²) in [6.45, 7) is -2.48. The van der Waals surface area contributed by atoms with Gasteiger partial charge in [-0.25, -0.2) is 9.18 Å². The number of anilines is 1. The normalized spacial score (nSPS) is 10.4. The van der Waals surface area contributed by atoms with Crippen molar-refractivity contribution in [2.45, 2.75) is 6.61 Å². The molecule has 0 saturated carbocycles. The summed E-state index contributed by atoms with van der Waals surface area (Å²) >= 11 is 0. The Morgan fingerprint density at radius 2 is 2.16 bits per heavy atom. The third-order valence-corrected chi connectivity index (χ3v) is 2.00. The topological polar surface area (TPSA) is 59.6 Å². The molecule has 0 bridgehead atoms. The molecule has 1 aromatic carbocycles. The number of halogens is 3. The van der Waals surface area contributed by atoms with Gasteiger partial charge in [0.1, 0.15) is 0 Å². The number of urea groups is 1. The predicted octanol–water partition coefficient (Wildman–Crippen LogP) is 2.19. The van der Waals surface area contributed by atoms with Gasteiger partial charge in [-0.05, 0) is 12.1 Å². The number of amides is 2. The molecular weight excluding hydrogens is 265 g/mol. The molecule has 0 saturated heterocycles. The molecule has 0 aliphatic heterocycles.